The van der Waals surface area contributed by atoms with Crippen LogP contribution in [0.5, 0.6) is 0 Å². The summed E-state index contributed by atoms with van der Waals surface area (Å²) < 4.78 is 0. The van der Waals surface area contributed by atoms with Crippen molar-refractivity contribution in [1.29, 1.82) is 0 Å². The fourth-order valence-electron chi connectivity index (χ4n) is 4.14. The predicted molar refractivity (Wildman–Crippen MR) is 75.7 cm³/mol. The highest BCUT2D eigenvalue weighted by Gasteiger charge is 2.52. The second-order valence-electron chi connectivity index (χ2n) is 6.87. The van der Waals surface area contributed by atoms with Crippen molar-refractivity contribution in [2.45, 2.75) is 51.0 Å². The van der Waals surface area contributed by atoms with E-state index in [0.29, 0.717) is 5.91 Å². The number of hydrogen-bond donors (Lipinski definition) is 1. The molecule has 0 aromatic heterocycles. The van der Waals surface area contributed by atoms with Gasteiger partial charge in [-0.1, -0.05) is 6.92 Å². The molecule has 3 saturated carbocycles. The van der Waals surface area contributed by atoms with Gasteiger partial charge >= 0.3 is 0 Å². The van der Waals surface area contributed by atoms with E-state index in [0.717, 1.165) is 71.2 Å². The maximum Gasteiger partial charge on any atom is 0.228 e. The molecule has 0 aromatic rings. The lowest BCUT2D eigenvalue weighted by Gasteiger charge is -2.52. The minimum atomic E-state index is -0.0461. The average molecular weight is 265 g/mol. The van der Waals surface area contributed by atoms with Crippen LogP contribution < -0.4 is 5.73 Å². The van der Waals surface area contributed by atoms with Gasteiger partial charge in [-0.3, -0.25) is 4.79 Å². The average Bonchev–Trinajstić information content (AvgIpc) is 2.48. The molecule has 4 heteroatoms. The molecule has 0 aromatic carbocycles. The van der Waals surface area contributed by atoms with Gasteiger partial charge in [0.2, 0.25) is 5.91 Å². The molecular formula is C15H27N3O. The van der Waals surface area contributed by atoms with Gasteiger partial charge < -0.3 is 15.5 Å². The highest BCUT2D eigenvalue weighted by Crippen LogP contribution is 2.52. The van der Waals surface area contributed by atoms with E-state index in [1.165, 1.54) is 0 Å². The van der Waals surface area contributed by atoms with Crippen LogP contribution >= 0.6 is 0 Å². The number of hydrogen-bond acceptors (Lipinski definition) is 3. The molecule has 2 N–H and O–H groups in total. The molecule has 1 saturated heterocycles. The van der Waals surface area contributed by atoms with Crippen molar-refractivity contribution in [3.63, 3.8) is 0 Å². The van der Waals surface area contributed by atoms with Crippen molar-refractivity contribution in [1.82, 2.24) is 9.80 Å². The molecule has 4 aliphatic rings. The van der Waals surface area contributed by atoms with E-state index < -0.39 is 0 Å². The van der Waals surface area contributed by atoms with Gasteiger partial charge in [0.15, 0.2) is 0 Å². The summed E-state index contributed by atoms with van der Waals surface area (Å²) in [5.74, 6) is 0.435. The van der Waals surface area contributed by atoms with Crippen LogP contribution in [0.4, 0.5) is 0 Å². The van der Waals surface area contributed by atoms with Crippen LogP contribution in [0.25, 0.3) is 0 Å². The Morgan fingerprint density at radius 2 is 1.53 bits per heavy atom. The van der Waals surface area contributed by atoms with Crippen LogP contribution in [-0.2, 0) is 4.79 Å². The molecule has 0 radical (unpaired) electrons. The Morgan fingerprint density at radius 1 is 1.00 bits per heavy atom. The molecule has 4 rings (SSSR count). The summed E-state index contributed by atoms with van der Waals surface area (Å²) in [6.45, 7) is 7.21. The molecule has 1 aliphatic heterocycles. The third-order valence-electron chi connectivity index (χ3n) is 5.86. The summed E-state index contributed by atoms with van der Waals surface area (Å²) in [4.78, 5) is 17.4. The Balaban J connectivity index is 1.65. The fourth-order valence-corrected chi connectivity index (χ4v) is 4.14. The van der Waals surface area contributed by atoms with E-state index in [9.17, 15) is 4.79 Å². The van der Waals surface area contributed by atoms with E-state index in [-0.39, 0.29) is 11.0 Å². The van der Waals surface area contributed by atoms with Gasteiger partial charge in [-0.25, -0.2) is 0 Å². The van der Waals surface area contributed by atoms with E-state index in [1.807, 2.05) is 0 Å². The van der Waals surface area contributed by atoms with E-state index in [4.69, 9.17) is 5.73 Å². The van der Waals surface area contributed by atoms with Crippen LogP contribution in [0.1, 0.15) is 45.4 Å². The van der Waals surface area contributed by atoms with Gasteiger partial charge in [0.1, 0.15) is 0 Å². The van der Waals surface area contributed by atoms with Crippen molar-refractivity contribution in [2.24, 2.45) is 11.1 Å². The second-order valence-corrected chi connectivity index (χ2v) is 6.87. The van der Waals surface area contributed by atoms with Crippen LogP contribution in [0.3, 0.4) is 0 Å². The second kappa shape index (κ2) is 4.74. The Morgan fingerprint density at radius 3 is 2.00 bits per heavy atom. The number of fused-ring (bicyclic) bond motifs is 3. The first-order valence-electron chi connectivity index (χ1n) is 7.88. The monoisotopic (exact) mass is 265 g/mol. The van der Waals surface area contributed by atoms with E-state index >= 15 is 0 Å². The maximum absolute atomic E-state index is 12.9. The molecule has 1 amide bonds. The number of amides is 1. The third-order valence-corrected chi connectivity index (χ3v) is 5.86. The Labute approximate surface area is 116 Å². The quantitative estimate of drug-likeness (QED) is 0.816. The Kier molecular flexibility index (Phi) is 3.34. The molecule has 0 spiro atoms. The number of piperazine rings is 1. The number of rotatable bonds is 2. The molecule has 4 nitrogen and oxygen atoms in total. The highest BCUT2D eigenvalue weighted by molar-refractivity contribution is 5.83. The van der Waals surface area contributed by atoms with Gasteiger partial charge in [-0.05, 0) is 45.1 Å². The molecule has 3 aliphatic carbocycles. The van der Waals surface area contributed by atoms with Crippen molar-refractivity contribution in [3.05, 3.63) is 0 Å². The van der Waals surface area contributed by atoms with Gasteiger partial charge in [0.05, 0.1) is 0 Å². The fraction of sp³-hybridized carbons (Fsp3) is 0.933. The van der Waals surface area contributed by atoms with Crippen molar-refractivity contribution < 1.29 is 4.79 Å². The molecule has 108 valence electrons. The van der Waals surface area contributed by atoms with Crippen LogP contribution in [0.15, 0.2) is 0 Å². The van der Waals surface area contributed by atoms with Gasteiger partial charge in [0.25, 0.3) is 0 Å². The standard InChI is InChI=1S/C15H27N3O/c1-2-17-9-11-18(12-10-17)13(19)14-3-6-15(16,7-4-14)8-5-14/h2-12,16H2,1H3. The molecular weight excluding hydrogens is 238 g/mol. The van der Waals surface area contributed by atoms with Gasteiger partial charge in [-0.15, -0.1) is 0 Å². The molecule has 2 bridgehead atoms. The van der Waals surface area contributed by atoms with E-state index in [2.05, 4.69) is 16.7 Å². The lowest BCUT2D eigenvalue weighted by molar-refractivity contribution is -0.150. The minimum Gasteiger partial charge on any atom is -0.340 e. The summed E-state index contributed by atoms with van der Waals surface area (Å²) in [7, 11) is 0. The lowest BCUT2D eigenvalue weighted by Crippen LogP contribution is -2.59. The maximum atomic E-state index is 12.9. The van der Waals surface area contributed by atoms with Crippen molar-refractivity contribution >= 4 is 5.91 Å². The summed E-state index contributed by atoms with van der Waals surface area (Å²) >= 11 is 0. The van der Waals surface area contributed by atoms with Gasteiger partial charge in [-0.2, -0.15) is 0 Å². The topological polar surface area (TPSA) is 49.6 Å². The smallest absolute Gasteiger partial charge is 0.228 e. The largest absolute Gasteiger partial charge is 0.340 e. The summed E-state index contributed by atoms with van der Waals surface area (Å²) in [6.07, 6.45) is 6.22. The SMILES string of the molecule is CCN1CCN(C(=O)C23CCC(N)(CC2)CC3)CC1. The first kappa shape index (κ1) is 13.4. The summed E-state index contributed by atoms with van der Waals surface area (Å²) in [5, 5.41) is 0. The summed E-state index contributed by atoms with van der Waals surface area (Å²) in [6, 6.07) is 0. The number of carbonyl (C=O) groups is 1. The molecule has 0 unspecified atom stereocenters. The molecule has 4 fully saturated rings. The Bertz CT molecular complexity index is 336. The number of nitrogens with zero attached hydrogens (tertiary/aromatic N) is 2. The zero-order chi connectivity index (χ0) is 13.5. The van der Waals surface area contributed by atoms with Crippen molar-refractivity contribution in [3.8, 4) is 0 Å². The number of carbonyl (C=O) groups excluding carboxylic acids is 1. The highest BCUT2D eigenvalue weighted by atomic mass is 16.2. The van der Waals surface area contributed by atoms with Crippen LogP contribution in [0.2, 0.25) is 0 Å². The van der Waals surface area contributed by atoms with E-state index in [1.54, 1.807) is 0 Å². The number of likely N-dealkylation sites (N-methyl/N-ethyl adjacent to an activating group) is 1. The Hall–Kier alpha value is -0.610. The van der Waals surface area contributed by atoms with Crippen molar-refractivity contribution in [2.75, 3.05) is 32.7 Å². The molecule has 19 heavy (non-hydrogen) atoms. The third kappa shape index (κ3) is 2.29. The number of nitrogens with two attached hydrogens (primary N) is 1. The first-order chi connectivity index (χ1) is 9.07. The van der Waals surface area contributed by atoms with Gasteiger partial charge in [0, 0.05) is 37.1 Å². The zero-order valence-electron chi connectivity index (χ0n) is 12.2. The minimum absolute atomic E-state index is 0.0461. The van der Waals surface area contributed by atoms with Crippen LogP contribution in [0, 0.1) is 5.41 Å². The zero-order valence-corrected chi connectivity index (χ0v) is 12.2. The molecule has 0 atom stereocenters. The molecule has 1 heterocycles. The lowest BCUT2D eigenvalue weighted by atomic mass is 9.57. The van der Waals surface area contributed by atoms with Crippen LogP contribution in [-0.4, -0.2) is 54.0 Å². The first-order valence-corrected chi connectivity index (χ1v) is 7.88. The summed E-state index contributed by atoms with van der Waals surface area (Å²) in [5.41, 5.74) is 6.35. The predicted octanol–water partition coefficient (Wildman–Crippen LogP) is 1.20. The normalized spacial score (nSPS) is 39.6.